The Bertz CT molecular complexity index is 1910. The van der Waals surface area contributed by atoms with Crippen LogP contribution in [0.15, 0.2) is 102 Å². The number of hydrogen-bond acceptors (Lipinski definition) is 6. The average Bonchev–Trinajstić information content (AvgIpc) is 3.60. The van der Waals surface area contributed by atoms with Gasteiger partial charge in [0.1, 0.15) is 5.92 Å². The van der Waals surface area contributed by atoms with Crippen molar-refractivity contribution in [1.82, 2.24) is 5.32 Å². The van der Waals surface area contributed by atoms with Crippen LogP contribution >= 0.6 is 0 Å². The maximum Gasteiger partial charge on any atom is 0.316 e. The van der Waals surface area contributed by atoms with Crippen molar-refractivity contribution >= 4 is 34.0 Å². The Hall–Kier alpha value is -4.33. The van der Waals surface area contributed by atoms with E-state index < -0.39 is 35.8 Å². The minimum Gasteiger partial charge on any atom is -0.435 e. The maximum absolute atomic E-state index is 15.0. The monoisotopic (exact) mass is 641 g/mol. The second-order valence-electron chi connectivity index (χ2n) is 14.6. The highest BCUT2D eigenvalue weighted by molar-refractivity contribution is 6.21. The number of fused-ring (bicyclic) bond motifs is 4. The maximum atomic E-state index is 15.0. The first-order valence-corrected chi connectivity index (χ1v) is 17.4. The van der Waals surface area contributed by atoms with E-state index in [9.17, 15) is 9.59 Å². The summed E-state index contributed by atoms with van der Waals surface area (Å²) in [7, 11) is 1.78. The predicted octanol–water partition coefficient (Wildman–Crippen LogP) is 7.29. The lowest BCUT2D eigenvalue weighted by molar-refractivity contribution is -0.198. The van der Waals surface area contributed by atoms with E-state index in [1.807, 2.05) is 66.7 Å². The van der Waals surface area contributed by atoms with Crippen LogP contribution in [0.25, 0.3) is 10.8 Å². The van der Waals surface area contributed by atoms with Crippen LogP contribution in [0.5, 0.6) is 0 Å². The number of aliphatic imine (C=N–C) groups is 1. The van der Waals surface area contributed by atoms with Crippen LogP contribution < -0.4 is 10.2 Å². The first-order valence-electron chi connectivity index (χ1n) is 17.4. The highest BCUT2D eigenvalue weighted by Gasteiger charge is 2.69. The fourth-order valence-corrected chi connectivity index (χ4v) is 8.80. The first-order chi connectivity index (χ1) is 23.2. The third-order valence-corrected chi connectivity index (χ3v) is 11.3. The van der Waals surface area contributed by atoms with E-state index in [0.717, 1.165) is 46.0 Å². The minimum atomic E-state index is -1.62. The van der Waals surface area contributed by atoms with Gasteiger partial charge in [0, 0.05) is 24.2 Å². The van der Waals surface area contributed by atoms with Gasteiger partial charge in [-0.2, -0.15) is 0 Å². The lowest BCUT2D eigenvalue weighted by Gasteiger charge is -2.39. The Balaban J connectivity index is 1.30. The van der Waals surface area contributed by atoms with Crippen LogP contribution in [-0.2, 0) is 19.1 Å². The molecule has 4 aromatic carbocycles. The van der Waals surface area contributed by atoms with E-state index in [1.54, 1.807) is 11.9 Å². The second kappa shape index (κ2) is 12.0. The van der Waals surface area contributed by atoms with Gasteiger partial charge >= 0.3 is 5.97 Å². The number of cyclic esters (lactones) is 1. The molecule has 0 aromatic heterocycles. The number of nitrogens with one attached hydrogen (secondary N) is 1. The topological polar surface area (TPSA) is 80.2 Å². The summed E-state index contributed by atoms with van der Waals surface area (Å²) >= 11 is 0. The Morgan fingerprint density at radius 2 is 1.65 bits per heavy atom. The molecule has 48 heavy (non-hydrogen) atoms. The smallest absolute Gasteiger partial charge is 0.316 e. The van der Waals surface area contributed by atoms with Gasteiger partial charge in [-0.25, -0.2) is 0 Å². The number of anilines is 1. The van der Waals surface area contributed by atoms with Crippen molar-refractivity contribution in [3.63, 3.8) is 0 Å². The number of ether oxygens (including phenoxy) is 2. The van der Waals surface area contributed by atoms with Gasteiger partial charge in [-0.15, -0.1) is 0 Å². The predicted molar refractivity (Wildman–Crippen MR) is 188 cm³/mol. The molecule has 0 radical (unpaired) electrons. The third kappa shape index (κ3) is 4.98. The van der Waals surface area contributed by atoms with Crippen LogP contribution in [0, 0.1) is 29.6 Å². The SMILES string of the molecule is CC1CCC(C(C)C)C(OC2OC(=O)C3C2C(c2ccc4ccccc4c2)NC32N=C(c3ccccc3)c3ccccc3N(C)C2=O)C1. The number of amides is 1. The van der Waals surface area contributed by atoms with Gasteiger partial charge in [0.2, 0.25) is 12.0 Å². The van der Waals surface area contributed by atoms with Crippen LogP contribution in [0.4, 0.5) is 5.69 Å². The molecule has 3 heterocycles. The third-order valence-electron chi connectivity index (χ3n) is 11.3. The Morgan fingerprint density at radius 1 is 0.917 bits per heavy atom. The molecule has 4 aliphatic rings. The van der Waals surface area contributed by atoms with Gasteiger partial charge < -0.3 is 14.4 Å². The van der Waals surface area contributed by atoms with Crippen LogP contribution in [0.1, 0.15) is 62.8 Å². The molecular weight excluding hydrogens is 598 g/mol. The number of esters is 1. The van der Waals surface area contributed by atoms with Crippen molar-refractivity contribution in [3.05, 3.63) is 114 Å². The second-order valence-corrected chi connectivity index (χ2v) is 14.6. The number of nitrogens with zero attached hydrogens (tertiary/aromatic N) is 2. The highest BCUT2D eigenvalue weighted by Crippen LogP contribution is 2.54. The minimum absolute atomic E-state index is 0.0424. The van der Waals surface area contributed by atoms with Crippen molar-refractivity contribution < 1.29 is 19.1 Å². The molecular formula is C41H43N3O4. The fourth-order valence-electron chi connectivity index (χ4n) is 8.80. The summed E-state index contributed by atoms with van der Waals surface area (Å²) in [5, 5.41) is 5.93. The summed E-state index contributed by atoms with van der Waals surface area (Å²) in [6.07, 6.45) is 2.31. The molecule has 0 bridgehead atoms. The Morgan fingerprint density at radius 3 is 2.44 bits per heavy atom. The molecule has 7 heteroatoms. The largest absolute Gasteiger partial charge is 0.435 e. The molecule has 246 valence electrons. The summed E-state index contributed by atoms with van der Waals surface area (Å²) in [5.74, 6) is -0.797. The van der Waals surface area contributed by atoms with Crippen molar-refractivity contribution in [2.75, 3.05) is 11.9 Å². The normalized spacial score (nSPS) is 31.5. The summed E-state index contributed by atoms with van der Waals surface area (Å²) in [6.45, 7) is 6.78. The fraction of sp³-hybridized carbons (Fsp3) is 0.390. The van der Waals surface area contributed by atoms with E-state index in [0.29, 0.717) is 23.5 Å². The number of rotatable bonds is 5. The van der Waals surface area contributed by atoms with E-state index in [1.165, 1.54) is 6.42 Å². The summed E-state index contributed by atoms with van der Waals surface area (Å²) in [4.78, 5) is 36.4. The molecule has 8 atom stereocenters. The zero-order valence-corrected chi connectivity index (χ0v) is 28.0. The molecule has 1 saturated carbocycles. The van der Waals surface area contributed by atoms with Gasteiger partial charge in [0.05, 0.1) is 23.4 Å². The van der Waals surface area contributed by atoms with E-state index >= 15 is 0 Å². The number of carbonyl (C=O) groups is 2. The molecule has 2 saturated heterocycles. The zero-order chi connectivity index (χ0) is 33.2. The molecule has 1 spiro atoms. The average molecular weight is 642 g/mol. The van der Waals surface area contributed by atoms with Crippen molar-refractivity contribution in [1.29, 1.82) is 0 Å². The van der Waals surface area contributed by atoms with Gasteiger partial charge in [0.25, 0.3) is 5.91 Å². The van der Waals surface area contributed by atoms with Crippen molar-refractivity contribution in [2.24, 2.45) is 34.6 Å². The molecule has 1 aliphatic carbocycles. The first kappa shape index (κ1) is 31.0. The highest BCUT2D eigenvalue weighted by atomic mass is 16.7. The van der Waals surface area contributed by atoms with Crippen LogP contribution in [0.2, 0.25) is 0 Å². The molecule has 1 amide bonds. The molecule has 7 nitrogen and oxygen atoms in total. The van der Waals surface area contributed by atoms with E-state index in [2.05, 4.69) is 56.4 Å². The van der Waals surface area contributed by atoms with Crippen molar-refractivity contribution in [2.45, 2.75) is 64.1 Å². The molecule has 1 N–H and O–H groups in total. The molecule has 3 aliphatic heterocycles. The van der Waals surface area contributed by atoms with Crippen LogP contribution in [0.3, 0.4) is 0 Å². The molecule has 8 rings (SSSR count). The van der Waals surface area contributed by atoms with Crippen molar-refractivity contribution in [3.8, 4) is 0 Å². The Labute approximate surface area is 282 Å². The molecule has 8 unspecified atom stereocenters. The number of likely N-dealkylation sites (N-methyl/N-ethyl adjacent to an activating group) is 1. The number of benzene rings is 4. The molecule has 4 aromatic rings. The molecule has 3 fully saturated rings. The summed E-state index contributed by atoms with van der Waals surface area (Å²) in [6, 6.07) is 31.9. The lowest BCUT2D eigenvalue weighted by Crippen LogP contribution is -2.58. The quantitative estimate of drug-likeness (QED) is 0.232. The Kier molecular flexibility index (Phi) is 7.72. The van der Waals surface area contributed by atoms with Gasteiger partial charge in [-0.3, -0.25) is 19.9 Å². The van der Waals surface area contributed by atoms with E-state index in [4.69, 9.17) is 14.5 Å². The van der Waals surface area contributed by atoms with Crippen LogP contribution in [-0.4, -0.2) is 42.7 Å². The summed E-state index contributed by atoms with van der Waals surface area (Å²) in [5.41, 5.74) is 2.46. The zero-order valence-electron chi connectivity index (χ0n) is 28.0. The number of hydrogen-bond donors (Lipinski definition) is 1. The van der Waals surface area contributed by atoms with E-state index in [-0.39, 0.29) is 12.0 Å². The number of carbonyl (C=O) groups excluding carboxylic acids is 2. The van der Waals surface area contributed by atoms with Gasteiger partial charge in [-0.1, -0.05) is 112 Å². The van der Waals surface area contributed by atoms with Gasteiger partial charge in [-0.05, 0) is 59.1 Å². The lowest BCUT2D eigenvalue weighted by atomic mass is 9.75. The van der Waals surface area contributed by atoms with Gasteiger partial charge in [0.15, 0.2) is 0 Å². The standard InChI is InChI=1S/C41H43N3O4/c1-24(2)30-21-18-25(3)22-33(30)47-39-34-35(38(45)48-39)41(43-37(34)29-20-19-26-12-8-9-15-28(26)23-29)40(46)44(4)32-17-11-10-16-31(32)36(42-41)27-13-6-5-7-14-27/h5-17,19-20,23-25,30,33-35,37,39,43H,18,21-22H2,1-4H3. The summed E-state index contributed by atoms with van der Waals surface area (Å²) < 4.78 is 13.2. The number of para-hydroxylation sites is 1.